The number of anilines is 3. The number of pyridine rings is 1. The molecule has 0 unspecified atom stereocenters. The van der Waals surface area contributed by atoms with Gasteiger partial charge in [-0.05, 0) is 48.7 Å². The quantitative estimate of drug-likeness (QED) is 0.189. The van der Waals surface area contributed by atoms with E-state index in [0.717, 1.165) is 35.5 Å². The first-order valence-electron chi connectivity index (χ1n) is 13.8. The van der Waals surface area contributed by atoms with Crippen LogP contribution in [0.15, 0.2) is 85.5 Å². The van der Waals surface area contributed by atoms with Crippen molar-refractivity contribution in [2.45, 2.75) is 25.4 Å². The first kappa shape index (κ1) is 29.7. The predicted molar refractivity (Wildman–Crippen MR) is 163 cm³/mol. The van der Waals surface area contributed by atoms with Gasteiger partial charge in [-0.1, -0.05) is 41.7 Å². The van der Waals surface area contributed by atoms with Gasteiger partial charge in [0.05, 0.1) is 39.9 Å². The minimum atomic E-state index is -4.64. The zero-order chi connectivity index (χ0) is 31.4. The van der Waals surface area contributed by atoms with Gasteiger partial charge in [0.1, 0.15) is 5.75 Å². The Kier molecular flexibility index (Phi) is 8.38. The Morgan fingerprint density at radius 1 is 0.867 bits per heavy atom. The standard InChI is InChI=1S/C31H24F3N7O3S/c32-31(33,34)21-14-24(27(35-15-21)20-6-2-1-3-7-20)40-28(43)39-22-16-36-29(37-17-22)44-23-11-9-19(10-12-23)25-18-38-30(45-25)41-13-5-4-8-26(41)42/h1-3,6-7,9-12,14-18H,4-5,8,13H2,(H2,39,40,43). The van der Waals surface area contributed by atoms with Crippen molar-refractivity contribution >= 4 is 39.8 Å². The Balaban J connectivity index is 1.08. The summed E-state index contributed by atoms with van der Waals surface area (Å²) in [4.78, 5) is 44.2. The molecule has 3 aromatic heterocycles. The van der Waals surface area contributed by atoms with Crippen molar-refractivity contribution in [3.8, 4) is 33.5 Å². The molecule has 3 amide bonds. The summed E-state index contributed by atoms with van der Waals surface area (Å²) < 4.78 is 45.8. The summed E-state index contributed by atoms with van der Waals surface area (Å²) in [5, 5.41) is 5.64. The van der Waals surface area contributed by atoms with Crippen molar-refractivity contribution in [2.24, 2.45) is 0 Å². The van der Waals surface area contributed by atoms with Crippen LogP contribution >= 0.6 is 11.3 Å². The number of urea groups is 1. The van der Waals surface area contributed by atoms with Crippen LogP contribution in [0.1, 0.15) is 24.8 Å². The average Bonchev–Trinajstić information content (AvgIpc) is 3.53. The van der Waals surface area contributed by atoms with E-state index in [1.165, 1.54) is 23.7 Å². The lowest BCUT2D eigenvalue weighted by Gasteiger charge is -2.23. The third kappa shape index (κ3) is 7.07. The molecule has 6 rings (SSSR count). The van der Waals surface area contributed by atoms with E-state index in [1.54, 1.807) is 53.6 Å². The highest BCUT2D eigenvalue weighted by atomic mass is 32.1. The third-order valence-electron chi connectivity index (χ3n) is 6.79. The minimum absolute atomic E-state index is 0.0193. The van der Waals surface area contributed by atoms with Crippen molar-refractivity contribution in [3.63, 3.8) is 0 Å². The van der Waals surface area contributed by atoms with Crippen LogP contribution in [0, 0.1) is 0 Å². The van der Waals surface area contributed by atoms with Crippen molar-refractivity contribution < 1.29 is 27.5 Å². The summed E-state index contributed by atoms with van der Waals surface area (Å²) in [7, 11) is 0. The number of amides is 3. The molecule has 0 spiro atoms. The smallest absolute Gasteiger partial charge is 0.417 e. The number of ether oxygens (including phenoxy) is 1. The molecule has 0 atom stereocenters. The lowest BCUT2D eigenvalue weighted by molar-refractivity contribution is -0.137. The largest absolute Gasteiger partial charge is 0.424 e. The Morgan fingerprint density at radius 2 is 1.62 bits per heavy atom. The van der Waals surface area contributed by atoms with Gasteiger partial charge in [-0.2, -0.15) is 13.2 Å². The molecule has 1 aliphatic heterocycles. The number of halogens is 3. The maximum atomic E-state index is 13.3. The second-order valence-electron chi connectivity index (χ2n) is 9.95. The number of nitrogens with zero attached hydrogens (tertiary/aromatic N) is 5. The van der Waals surface area contributed by atoms with Crippen LogP contribution in [0.3, 0.4) is 0 Å². The number of benzene rings is 2. The lowest BCUT2D eigenvalue weighted by Crippen LogP contribution is -2.34. The van der Waals surface area contributed by atoms with Gasteiger partial charge in [0.2, 0.25) is 5.91 Å². The first-order valence-corrected chi connectivity index (χ1v) is 14.6. The van der Waals surface area contributed by atoms with E-state index in [-0.39, 0.29) is 29.0 Å². The van der Waals surface area contributed by atoms with Crippen molar-refractivity contribution in [1.29, 1.82) is 0 Å². The molecule has 0 aliphatic carbocycles. The zero-order valence-corrected chi connectivity index (χ0v) is 24.2. The van der Waals surface area contributed by atoms with Gasteiger partial charge in [-0.15, -0.1) is 0 Å². The number of rotatable bonds is 7. The highest BCUT2D eigenvalue weighted by molar-refractivity contribution is 7.19. The van der Waals surface area contributed by atoms with E-state index < -0.39 is 17.8 Å². The number of nitrogens with one attached hydrogen (secondary N) is 2. The fourth-order valence-electron chi connectivity index (χ4n) is 4.58. The van der Waals surface area contributed by atoms with E-state index >= 15 is 0 Å². The average molecular weight is 632 g/mol. The Hall–Kier alpha value is -5.37. The number of piperidine rings is 1. The van der Waals surface area contributed by atoms with Gasteiger partial charge in [-0.25, -0.2) is 19.7 Å². The van der Waals surface area contributed by atoms with Gasteiger partial charge in [0.15, 0.2) is 5.13 Å². The summed E-state index contributed by atoms with van der Waals surface area (Å²) in [5.41, 5.74) is 0.689. The second-order valence-corrected chi connectivity index (χ2v) is 11.0. The zero-order valence-electron chi connectivity index (χ0n) is 23.4. The third-order valence-corrected chi connectivity index (χ3v) is 7.86. The topological polar surface area (TPSA) is 122 Å². The maximum Gasteiger partial charge on any atom is 0.417 e. The van der Waals surface area contributed by atoms with Gasteiger partial charge in [0.25, 0.3) is 0 Å². The van der Waals surface area contributed by atoms with Crippen LogP contribution in [-0.2, 0) is 11.0 Å². The van der Waals surface area contributed by atoms with E-state index in [4.69, 9.17) is 4.74 Å². The van der Waals surface area contributed by atoms with E-state index in [1.807, 2.05) is 12.1 Å². The van der Waals surface area contributed by atoms with E-state index in [0.29, 0.717) is 29.4 Å². The van der Waals surface area contributed by atoms with Crippen LogP contribution in [0.2, 0.25) is 0 Å². The molecule has 228 valence electrons. The first-order chi connectivity index (χ1) is 21.7. The summed E-state index contributed by atoms with van der Waals surface area (Å²) in [6.45, 7) is 0.681. The van der Waals surface area contributed by atoms with E-state index in [9.17, 15) is 22.8 Å². The fourth-order valence-corrected chi connectivity index (χ4v) is 5.55. The molecule has 0 saturated carbocycles. The second kappa shape index (κ2) is 12.7. The number of thiazole rings is 1. The predicted octanol–water partition coefficient (Wildman–Crippen LogP) is 7.63. The molecule has 1 saturated heterocycles. The van der Waals surface area contributed by atoms with Crippen molar-refractivity contribution in [3.05, 3.63) is 91.0 Å². The lowest BCUT2D eigenvalue weighted by atomic mass is 10.1. The van der Waals surface area contributed by atoms with Crippen LogP contribution in [0.4, 0.5) is 34.5 Å². The molecule has 1 aliphatic rings. The highest BCUT2D eigenvalue weighted by Crippen LogP contribution is 2.35. The number of carbonyl (C=O) groups excluding carboxylic acids is 2. The number of hydrogen-bond donors (Lipinski definition) is 2. The monoisotopic (exact) mass is 631 g/mol. The van der Waals surface area contributed by atoms with Gasteiger partial charge >= 0.3 is 18.2 Å². The molecule has 10 nitrogen and oxygen atoms in total. The summed E-state index contributed by atoms with van der Waals surface area (Å²) in [5.74, 6) is 0.566. The summed E-state index contributed by atoms with van der Waals surface area (Å²) in [6, 6.07) is 15.8. The van der Waals surface area contributed by atoms with Crippen molar-refractivity contribution in [1.82, 2.24) is 19.9 Å². The van der Waals surface area contributed by atoms with Crippen LogP contribution in [0.25, 0.3) is 21.7 Å². The van der Waals surface area contributed by atoms with E-state index in [2.05, 4.69) is 30.6 Å². The molecule has 14 heteroatoms. The fraction of sp³-hybridized carbons (Fsp3) is 0.161. The Bertz CT molecular complexity index is 1820. The number of aromatic nitrogens is 4. The van der Waals surface area contributed by atoms with Gasteiger partial charge < -0.3 is 15.4 Å². The normalized spacial score (nSPS) is 13.4. The molecule has 2 N–H and O–H groups in total. The molecular formula is C31H24F3N7O3S. The molecule has 0 bridgehead atoms. The Morgan fingerprint density at radius 3 is 2.33 bits per heavy atom. The highest BCUT2D eigenvalue weighted by Gasteiger charge is 2.32. The summed E-state index contributed by atoms with van der Waals surface area (Å²) in [6.07, 6.45) is 2.85. The maximum absolute atomic E-state index is 13.3. The van der Waals surface area contributed by atoms with Gasteiger partial charge in [0, 0.05) is 30.9 Å². The van der Waals surface area contributed by atoms with Crippen LogP contribution in [0.5, 0.6) is 11.8 Å². The minimum Gasteiger partial charge on any atom is -0.424 e. The molecule has 2 aromatic carbocycles. The molecular weight excluding hydrogens is 607 g/mol. The number of carbonyl (C=O) groups is 2. The van der Waals surface area contributed by atoms with Crippen molar-refractivity contribution in [2.75, 3.05) is 22.1 Å². The van der Waals surface area contributed by atoms with Crippen LogP contribution in [-0.4, -0.2) is 38.4 Å². The Labute approximate surface area is 259 Å². The molecule has 5 aromatic rings. The molecule has 45 heavy (non-hydrogen) atoms. The number of hydrogen-bond acceptors (Lipinski definition) is 8. The number of alkyl halides is 3. The molecule has 4 heterocycles. The van der Waals surface area contributed by atoms with Gasteiger partial charge in [-0.3, -0.25) is 14.7 Å². The summed E-state index contributed by atoms with van der Waals surface area (Å²) >= 11 is 1.45. The molecule has 1 fully saturated rings. The van der Waals surface area contributed by atoms with Crippen LogP contribution < -0.4 is 20.3 Å². The molecule has 0 radical (unpaired) electrons. The SMILES string of the molecule is O=C(Nc1cnc(Oc2ccc(-c3cnc(N4CCCCC4=O)s3)cc2)nc1)Nc1cc(C(F)(F)F)cnc1-c1ccccc1.